The van der Waals surface area contributed by atoms with Gasteiger partial charge in [-0.25, -0.2) is 14.4 Å². The molecule has 4 atom stereocenters. The molecule has 3 aromatic heterocycles. The van der Waals surface area contributed by atoms with Gasteiger partial charge in [0.15, 0.2) is 28.8 Å². The Bertz CT molecular complexity index is 2940. The number of aliphatic hydroxyl groups excluding tert-OH is 1. The highest BCUT2D eigenvalue weighted by molar-refractivity contribution is 7.13. The van der Waals surface area contributed by atoms with Gasteiger partial charge in [0.05, 0.1) is 65.2 Å². The maximum atomic E-state index is 14.8. The lowest BCUT2D eigenvalue weighted by Gasteiger charge is -2.36. The van der Waals surface area contributed by atoms with Crippen molar-refractivity contribution >= 4 is 69.9 Å². The highest BCUT2D eigenvalue weighted by atomic mass is 32.1. The van der Waals surface area contributed by atoms with Crippen LogP contribution >= 0.6 is 11.3 Å². The number of nitrogens with one attached hydrogen (secondary N) is 7. The number of methoxy groups -OCH3 is 1. The van der Waals surface area contributed by atoms with Gasteiger partial charge in [-0.2, -0.15) is 5.10 Å². The Morgan fingerprint density at radius 2 is 1.71 bits per heavy atom. The van der Waals surface area contributed by atoms with Crippen molar-refractivity contribution in [1.29, 1.82) is 0 Å². The van der Waals surface area contributed by atoms with E-state index in [1.54, 1.807) is 74.7 Å². The number of ether oxygens (including phenoxy) is 1. The molecule has 0 radical (unpaired) electrons. The number of β-amino-alcohol motifs (C(OH)–C–C–N with tert-alkyl or cyclic N) is 1. The number of aromatic nitrogens is 6. The molecule has 23 nitrogen and oxygen atoms in total. The Morgan fingerprint density at radius 1 is 0.960 bits per heavy atom. The highest BCUT2D eigenvalue weighted by Crippen LogP contribution is 2.41. The Hall–Kier alpha value is -7.93. The first kappa shape index (κ1) is 54.8. The van der Waals surface area contributed by atoms with Gasteiger partial charge in [0, 0.05) is 46.1 Å². The van der Waals surface area contributed by atoms with Gasteiger partial charge < -0.3 is 52.0 Å². The smallest absolute Gasteiger partial charge is 0.273 e. The third kappa shape index (κ3) is 13.6. The van der Waals surface area contributed by atoms with Crippen LogP contribution in [0.4, 0.5) is 21.6 Å². The van der Waals surface area contributed by atoms with E-state index in [0.29, 0.717) is 28.4 Å². The van der Waals surface area contributed by atoms with Crippen molar-refractivity contribution in [3.05, 3.63) is 77.3 Å². The lowest BCUT2D eigenvalue weighted by atomic mass is 9.85. The van der Waals surface area contributed by atoms with Crippen LogP contribution in [0.2, 0.25) is 0 Å². The molecule has 8 N–H and O–H groups in total. The van der Waals surface area contributed by atoms with Crippen LogP contribution in [0.5, 0.6) is 5.75 Å². The molecular weight excluding hydrogens is 992 g/mol. The molecule has 5 aromatic rings. The van der Waals surface area contributed by atoms with Crippen molar-refractivity contribution in [2.75, 3.05) is 44.4 Å². The van der Waals surface area contributed by atoms with E-state index in [2.05, 4.69) is 62.5 Å². The second-order valence-electron chi connectivity index (χ2n) is 19.4. The van der Waals surface area contributed by atoms with Crippen molar-refractivity contribution in [3.8, 4) is 27.6 Å². The molecule has 2 aliphatic rings. The summed E-state index contributed by atoms with van der Waals surface area (Å²) < 4.78 is 22.0. The van der Waals surface area contributed by atoms with E-state index in [4.69, 9.17) is 4.74 Å². The molecule has 0 spiro atoms. The Kier molecular flexibility index (Phi) is 17.2. The predicted octanol–water partition coefficient (Wildman–Crippen LogP) is 3.01. The summed E-state index contributed by atoms with van der Waals surface area (Å²) in [6.07, 6.45) is 0.343. The average molecular weight is 1050 g/mol. The molecule has 75 heavy (non-hydrogen) atoms. The maximum absolute atomic E-state index is 14.8. The summed E-state index contributed by atoms with van der Waals surface area (Å²) in [4.78, 5) is 104. The van der Waals surface area contributed by atoms with Crippen molar-refractivity contribution in [2.45, 2.75) is 96.1 Å². The standard InChI is InChI=1S/C50H61FN14O9S/c1-27-42(75-26-56-27)29-15-13-28(14-16-29)33(58-45(70)35-20-30(66)24-65(35)47(72)43(49(2,3)4)60-48(73)50(51)17-18-50)22-38(68)53-19-9-12-37(67)54-23-39(69)59-36-21-34(40(62-61-36)46(71)52-5)57-32-11-8-10-31(41(32)74-7)44-55-25-64(6)63-44/h8,10-11,13-16,21,25-26,30,33,35,43,66H,9,12,17-20,22-24H2,1-7H3,(H,52,71)(H,53,68)(H,54,67)(H,58,70)(H,60,73)(H2,57,59,61,69)/t30-,33+,35+,43-/m1/s1. The van der Waals surface area contributed by atoms with Gasteiger partial charge >= 0.3 is 0 Å². The van der Waals surface area contributed by atoms with E-state index in [1.165, 1.54) is 36.5 Å². The minimum Gasteiger partial charge on any atom is -0.494 e. The molecular formula is C50H61FN14O9S. The number of carbonyl (C=O) groups is 7. The number of halogens is 1. The fourth-order valence-electron chi connectivity index (χ4n) is 8.35. The van der Waals surface area contributed by atoms with E-state index in [1.807, 2.05) is 19.1 Å². The molecule has 1 aliphatic carbocycles. The van der Waals surface area contributed by atoms with Gasteiger partial charge in [0.2, 0.25) is 29.5 Å². The zero-order valence-corrected chi connectivity index (χ0v) is 43.4. The van der Waals surface area contributed by atoms with Crippen molar-refractivity contribution in [1.82, 2.24) is 61.4 Å². The fraction of sp³-hybridized carbons (Fsp3) is 0.440. The molecule has 7 amide bonds. The summed E-state index contributed by atoms with van der Waals surface area (Å²) in [6.45, 7) is 6.44. The van der Waals surface area contributed by atoms with Crippen molar-refractivity contribution < 1.29 is 47.8 Å². The van der Waals surface area contributed by atoms with Gasteiger partial charge in [-0.3, -0.25) is 38.2 Å². The molecule has 398 valence electrons. The molecule has 2 fully saturated rings. The zero-order chi connectivity index (χ0) is 54.2. The first-order chi connectivity index (χ1) is 35.7. The summed E-state index contributed by atoms with van der Waals surface area (Å²) in [6, 6.07) is 10.6. The SMILES string of the molecule is CNC(=O)c1nnc(NC(=O)CNC(=O)CCCNC(=O)C[C@H](NC(=O)[C@@H]2C[C@@H](O)CN2C(=O)[C@@H](NC(=O)C2(F)CC2)C(C)(C)C)c2ccc(-c3scnc3C)cc2)cc1Nc1cccc(-c2ncn(C)n2)c1OC. The number of para-hydroxylation sites is 1. The van der Waals surface area contributed by atoms with E-state index >= 15 is 0 Å². The molecule has 25 heteroatoms. The van der Waals surface area contributed by atoms with Crippen LogP contribution in [0.25, 0.3) is 21.8 Å². The van der Waals surface area contributed by atoms with Gasteiger partial charge in [-0.1, -0.05) is 51.1 Å². The molecule has 1 aliphatic heterocycles. The molecule has 7 rings (SSSR count). The Balaban J connectivity index is 0.942. The number of rotatable bonds is 21. The zero-order valence-electron chi connectivity index (χ0n) is 42.6. The van der Waals surface area contributed by atoms with E-state index in [-0.39, 0.29) is 68.8 Å². The minimum atomic E-state index is -2.04. The van der Waals surface area contributed by atoms with Crippen molar-refractivity contribution in [2.24, 2.45) is 12.5 Å². The number of aliphatic hydroxyl groups is 1. The number of likely N-dealkylation sites (tertiary alicyclic amines) is 1. The van der Waals surface area contributed by atoms with Crippen LogP contribution in [-0.4, -0.2) is 139 Å². The number of carbonyl (C=O) groups excluding carboxylic acids is 7. The number of aryl methyl sites for hydroxylation is 2. The fourth-order valence-corrected chi connectivity index (χ4v) is 9.16. The monoisotopic (exact) mass is 1050 g/mol. The van der Waals surface area contributed by atoms with Crippen LogP contribution in [0.15, 0.2) is 60.4 Å². The first-order valence-corrected chi connectivity index (χ1v) is 25.1. The second-order valence-corrected chi connectivity index (χ2v) is 20.2. The number of hydrogen-bond acceptors (Lipinski definition) is 16. The normalized spacial score (nSPS) is 16.5. The summed E-state index contributed by atoms with van der Waals surface area (Å²) in [7, 11) is 4.63. The first-order valence-electron chi connectivity index (χ1n) is 24.2. The number of thiazole rings is 1. The van der Waals surface area contributed by atoms with E-state index < -0.39 is 83.2 Å². The number of amides is 7. The average Bonchev–Trinajstić information content (AvgIpc) is 3.63. The molecule has 2 aromatic carbocycles. The number of anilines is 3. The summed E-state index contributed by atoms with van der Waals surface area (Å²) in [5.41, 5.74) is 2.20. The van der Waals surface area contributed by atoms with Gasteiger partial charge in [-0.15, -0.1) is 21.5 Å². The quantitative estimate of drug-likeness (QED) is 0.0490. The molecule has 0 bridgehead atoms. The Morgan fingerprint density at radius 3 is 2.35 bits per heavy atom. The number of alkyl halides is 1. The lowest BCUT2D eigenvalue weighted by molar-refractivity contribution is -0.145. The van der Waals surface area contributed by atoms with Crippen LogP contribution in [0.3, 0.4) is 0 Å². The Labute approximate surface area is 435 Å². The second kappa shape index (κ2) is 23.5. The largest absolute Gasteiger partial charge is 0.494 e. The predicted molar refractivity (Wildman–Crippen MR) is 274 cm³/mol. The number of nitrogens with zero attached hydrogens (tertiary/aromatic N) is 7. The molecule has 1 saturated heterocycles. The van der Waals surface area contributed by atoms with E-state index in [0.717, 1.165) is 16.1 Å². The maximum Gasteiger partial charge on any atom is 0.273 e. The van der Waals surface area contributed by atoms with Gasteiger partial charge in [-0.05, 0) is 54.9 Å². The lowest BCUT2D eigenvalue weighted by Crippen LogP contribution is -2.59. The van der Waals surface area contributed by atoms with Crippen LogP contribution < -0.4 is 42.0 Å². The third-order valence-corrected chi connectivity index (χ3v) is 13.5. The van der Waals surface area contributed by atoms with Gasteiger partial charge in [0.1, 0.15) is 18.4 Å². The van der Waals surface area contributed by atoms with Crippen LogP contribution in [0, 0.1) is 12.3 Å². The number of hydrogen-bond donors (Lipinski definition) is 8. The van der Waals surface area contributed by atoms with Crippen LogP contribution in [-0.2, 0) is 35.8 Å². The van der Waals surface area contributed by atoms with Gasteiger partial charge in [0.25, 0.3) is 11.8 Å². The molecule has 4 heterocycles. The summed E-state index contributed by atoms with van der Waals surface area (Å²) in [5.74, 6) is -3.58. The van der Waals surface area contributed by atoms with Crippen molar-refractivity contribution in [3.63, 3.8) is 0 Å². The van der Waals surface area contributed by atoms with E-state index in [9.17, 15) is 43.1 Å². The summed E-state index contributed by atoms with van der Waals surface area (Å²) in [5, 5.41) is 42.1. The third-order valence-electron chi connectivity index (χ3n) is 12.6. The molecule has 0 unspecified atom stereocenters. The topological polar surface area (TPSA) is 306 Å². The highest BCUT2D eigenvalue weighted by Gasteiger charge is 2.53. The van der Waals surface area contributed by atoms with Crippen LogP contribution in [0.1, 0.15) is 87.1 Å². The molecule has 1 saturated carbocycles. The minimum absolute atomic E-state index is 0.0267. The summed E-state index contributed by atoms with van der Waals surface area (Å²) >= 11 is 1.47. The number of benzene rings is 2.